The van der Waals surface area contributed by atoms with Crippen LogP contribution in [-0.2, 0) is 14.4 Å². The number of aliphatic carboxylic acids is 1. The van der Waals surface area contributed by atoms with Crippen molar-refractivity contribution in [1.29, 1.82) is 0 Å². The fourth-order valence-electron chi connectivity index (χ4n) is 3.77. The second kappa shape index (κ2) is 4.86. The molecule has 0 aromatic carbocycles. The topological polar surface area (TPSA) is 88.4 Å². The zero-order valence-corrected chi connectivity index (χ0v) is 13.2. The number of oxime groups is 1. The van der Waals surface area contributed by atoms with Crippen molar-refractivity contribution in [2.75, 3.05) is 0 Å². The zero-order valence-electron chi connectivity index (χ0n) is 13.2. The molecule has 1 spiro atoms. The van der Waals surface area contributed by atoms with Gasteiger partial charge in [0.25, 0.3) is 0 Å². The molecule has 0 aliphatic carbocycles. The molecule has 22 heavy (non-hydrogen) atoms. The Hall–Kier alpha value is -1.79. The SMILES string of the molecule is CC(C)(C)OC(=O)N1C2CCC1CC1(CC(C(=O)O)=NO1)C2. The van der Waals surface area contributed by atoms with Crippen molar-refractivity contribution in [3.63, 3.8) is 0 Å². The highest BCUT2D eigenvalue weighted by Crippen LogP contribution is 2.46. The number of carbonyl (C=O) groups is 2. The highest BCUT2D eigenvalue weighted by molar-refractivity contribution is 6.36. The molecule has 7 heteroatoms. The molecule has 2 fully saturated rings. The van der Waals surface area contributed by atoms with Crippen molar-refractivity contribution >= 4 is 17.8 Å². The van der Waals surface area contributed by atoms with E-state index in [-0.39, 0.29) is 23.9 Å². The van der Waals surface area contributed by atoms with Crippen LogP contribution in [0.15, 0.2) is 5.16 Å². The van der Waals surface area contributed by atoms with Crippen LogP contribution in [-0.4, -0.2) is 51.1 Å². The first-order valence-electron chi connectivity index (χ1n) is 7.69. The van der Waals surface area contributed by atoms with Crippen molar-refractivity contribution in [1.82, 2.24) is 4.90 Å². The zero-order chi connectivity index (χ0) is 16.1. The van der Waals surface area contributed by atoms with Gasteiger partial charge in [-0.05, 0) is 33.6 Å². The summed E-state index contributed by atoms with van der Waals surface area (Å²) in [6.07, 6.45) is 3.06. The minimum Gasteiger partial charge on any atom is -0.477 e. The van der Waals surface area contributed by atoms with E-state index in [4.69, 9.17) is 14.7 Å². The lowest BCUT2D eigenvalue weighted by Crippen LogP contribution is -2.54. The van der Waals surface area contributed by atoms with Crippen LogP contribution >= 0.6 is 0 Å². The number of piperidine rings is 1. The number of fused-ring (bicyclic) bond motifs is 2. The Labute approximate surface area is 129 Å². The number of amides is 1. The van der Waals surface area contributed by atoms with Gasteiger partial charge in [0.05, 0.1) is 0 Å². The number of carboxylic acids is 1. The second-order valence-electron chi connectivity index (χ2n) is 7.48. The number of hydrogen-bond donors (Lipinski definition) is 1. The van der Waals surface area contributed by atoms with Crippen LogP contribution in [0.25, 0.3) is 0 Å². The summed E-state index contributed by atoms with van der Waals surface area (Å²) >= 11 is 0. The molecule has 2 atom stereocenters. The van der Waals surface area contributed by atoms with E-state index in [0.717, 1.165) is 12.8 Å². The number of hydrogen-bond acceptors (Lipinski definition) is 5. The average molecular weight is 310 g/mol. The smallest absolute Gasteiger partial charge is 0.410 e. The number of nitrogens with zero attached hydrogens (tertiary/aromatic N) is 2. The summed E-state index contributed by atoms with van der Waals surface area (Å²) in [5.74, 6) is -1.03. The van der Waals surface area contributed by atoms with E-state index in [9.17, 15) is 9.59 Å². The quantitative estimate of drug-likeness (QED) is 0.801. The number of ether oxygens (including phenoxy) is 1. The van der Waals surface area contributed by atoms with Crippen molar-refractivity contribution in [2.24, 2.45) is 5.16 Å². The molecule has 3 aliphatic rings. The second-order valence-corrected chi connectivity index (χ2v) is 7.48. The molecular weight excluding hydrogens is 288 g/mol. The van der Waals surface area contributed by atoms with E-state index in [1.807, 2.05) is 25.7 Å². The van der Waals surface area contributed by atoms with Gasteiger partial charge in [-0.2, -0.15) is 0 Å². The molecule has 0 saturated carbocycles. The normalized spacial score (nSPS) is 33.6. The molecule has 3 aliphatic heterocycles. The molecule has 0 radical (unpaired) electrons. The molecule has 0 aromatic rings. The Morgan fingerprint density at radius 2 is 1.91 bits per heavy atom. The summed E-state index contributed by atoms with van der Waals surface area (Å²) in [4.78, 5) is 30.7. The summed E-state index contributed by atoms with van der Waals surface area (Å²) in [5.41, 5.74) is -1.00. The van der Waals surface area contributed by atoms with Gasteiger partial charge in [0.1, 0.15) is 11.2 Å². The minimum atomic E-state index is -1.03. The molecule has 3 rings (SSSR count). The van der Waals surface area contributed by atoms with Gasteiger partial charge < -0.3 is 19.6 Å². The predicted octanol–water partition coefficient (Wildman–Crippen LogP) is 2.15. The van der Waals surface area contributed by atoms with Crippen LogP contribution in [0, 0.1) is 0 Å². The number of carbonyl (C=O) groups excluding carboxylic acids is 1. The van der Waals surface area contributed by atoms with E-state index in [0.29, 0.717) is 19.3 Å². The number of carboxylic acid groups (broad SMARTS) is 1. The molecule has 2 unspecified atom stereocenters. The first-order valence-corrected chi connectivity index (χ1v) is 7.69. The van der Waals surface area contributed by atoms with Gasteiger partial charge in [-0.15, -0.1) is 0 Å². The lowest BCUT2D eigenvalue weighted by atomic mass is 9.82. The maximum Gasteiger partial charge on any atom is 0.410 e. The first-order chi connectivity index (χ1) is 10.2. The largest absolute Gasteiger partial charge is 0.477 e. The monoisotopic (exact) mass is 310 g/mol. The van der Waals surface area contributed by atoms with Crippen LogP contribution in [0.4, 0.5) is 4.79 Å². The maximum atomic E-state index is 12.4. The van der Waals surface area contributed by atoms with Crippen molar-refractivity contribution in [3.05, 3.63) is 0 Å². The van der Waals surface area contributed by atoms with Gasteiger partial charge in [-0.3, -0.25) is 0 Å². The van der Waals surface area contributed by atoms with Crippen molar-refractivity contribution in [3.8, 4) is 0 Å². The van der Waals surface area contributed by atoms with E-state index >= 15 is 0 Å². The van der Waals surface area contributed by atoms with Gasteiger partial charge in [0.15, 0.2) is 5.71 Å². The molecule has 2 saturated heterocycles. The van der Waals surface area contributed by atoms with E-state index < -0.39 is 17.2 Å². The lowest BCUT2D eigenvalue weighted by Gasteiger charge is -2.43. The maximum absolute atomic E-state index is 12.4. The fourth-order valence-corrected chi connectivity index (χ4v) is 3.77. The molecule has 3 heterocycles. The Balaban J connectivity index is 1.70. The van der Waals surface area contributed by atoms with E-state index in [2.05, 4.69) is 5.16 Å². The molecule has 7 nitrogen and oxygen atoms in total. The van der Waals surface area contributed by atoms with Crippen molar-refractivity contribution in [2.45, 2.75) is 76.2 Å². The van der Waals surface area contributed by atoms with Gasteiger partial charge in [-0.25, -0.2) is 9.59 Å². The Kier molecular flexibility index (Phi) is 3.34. The third kappa shape index (κ3) is 2.64. The molecular formula is C15H22N2O5. The lowest BCUT2D eigenvalue weighted by molar-refractivity contribution is -0.129. The van der Waals surface area contributed by atoms with E-state index in [1.165, 1.54) is 0 Å². The van der Waals surface area contributed by atoms with Crippen LogP contribution in [0.3, 0.4) is 0 Å². The van der Waals surface area contributed by atoms with Gasteiger partial charge in [-0.1, -0.05) is 5.16 Å². The van der Waals surface area contributed by atoms with Gasteiger partial charge in [0.2, 0.25) is 0 Å². The Morgan fingerprint density at radius 1 is 1.32 bits per heavy atom. The molecule has 2 bridgehead atoms. The van der Waals surface area contributed by atoms with E-state index in [1.54, 1.807) is 0 Å². The molecule has 122 valence electrons. The Morgan fingerprint density at radius 3 is 2.36 bits per heavy atom. The fraction of sp³-hybridized carbons (Fsp3) is 0.800. The summed E-state index contributed by atoms with van der Waals surface area (Å²) in [7, 11) is 0. The summed E-state index contributed by atoms with van der Waals surface area (Å²) in [5, 5.41) is 12.8. The first kappa shape index (κ1) is 15.1. The van der Waals surface area contributed by atoms with Crippen LogP contribution in [0.2, 0.25) is 0 Å². The molecule has 0 aromatic heterocycles. The molecule has 1 amide bonds. The molecule has 1 N–H and O–H groups in total. The standard InChI is InChI=1S/C15H22N2O5/c1-14(2,3)21-13(20)17-9-4-5-10(17)7-15(6-9)8-11(12(18)19)16-22-15/h9-10H,4-8H2,1-3H3,(H,18,19). The van der Waals surface area contributed by atoms with Crippen LogP contribution in [0.5, 0.6) is 0 Å². The highest BCUT2D eigenvalue weighted by atomic mass is 16.7. The van der Waals surface area contributed by atoms with Crippen LogP contribution < -0.4 is 0 Å². The third-order valence-corrected chi connectivity index (χ3v) is 4.53. The number of rotatable bonds is 1. The Bertz CT molecular complexity index is 523. The average Bonchev–Trinajstić information content (AvgIpc) is 2.88. The highest BCUT2D eigenvalue weighted by Gasteiger charge is 2.55. The third-order valence-electron chi connectivity index (χ3n) is 4.53. The van der Waals surface area contributed by atoms with Crippen molar-refractivity contribution < 1.29 is 24.3 Å². The van der Waals surface area contributed by atoms with Gasteiger partial charge in [0, 0.05) is 31.3 Å². The summed E-state index contributed by atoms with van der Waals surface area (Å²) in [6, 6.07) is 0.0777. The minimum absolute atomic E-state index is 0.0388. The summed E-state index contributed by atoms with van der Waals surface area (Å²) < 4.78 is 5.49. The summed E-state index contributed by atoms with van der Waals surface area (Å²) in [6.45, 7) is 5.56. The van der Waals surface area contributed by atoms with Crippen LogP contribution in [0.1, 0.15) is 52.9 Å². The predicted molar refractivity (Wildman–Crippen MR) is 77.6 cm³/mol. The van der Waals surface area contributed by atoms with Gasteiger partial charge >= 0.3 is 12.1 Å².